The summed E-state index contributed by atoms with van der Waals surface area (Å²) in [4.78, 5) is 35.0. The van der Waals surface area contributed by atoms with E-state index in [0.29, 0.717) is 6.42 Å². The van der Waals surface area contributed by atoms with Crippen molar-refractivity contribution >= 4 is 17.9 Å². The zero-order valence-electron chi connectivity index (χ0n) is 11.2. The predicted molar refractivity (Wildman–Crippen MR) is 66.2 cm³/mol. The van der Waals surface area contributed by atoms with Gasteiger partial charge in [-0.15, -0.1) is 0 Å². The monoisotopic (exact) mass is 259 g/mol. The Morgan fingerprint density at radius 3 is 2.17 bits per heavy atom. The third kappa shape index (κ3) is 6.07. The van der Waals surface area contributed by atoms with Crippen molar-refractivity contribution in [2.45, 2.75) is 38.8 Å². The van der Waals surface area contributed by atoms with E-state index in [1.165, 1.54) is 4.90 Å². The molecule has 3 N–H and O–H groups in total. The van der Waals surface area contributed by atoms with Gasteiger partial charge in [0.15, 0.2) is 0 Å². The number of likely N-dealkylation sites (N-methyl/N-ethyl adjacent to an activating group) is 1. The van der Waals surface area contributed by atoms with E-state index < -0.39 is 24.1 Å². The average Bonchev–Trinajstić information content (AvgIpc) is 2.25. The fraction of sp³-hybridized carbons (Fsp3) is 0.727. The van der Waals surface area contributed by atoms with Crippen molar-refractivity contribution in [2.24, 2.45) is 0 Å². The average molecular weight is 259 g/mol. The number of amides is 3. The molecule has 0 radical (unpaired) electrons. The van der Waals surface area contributed by atoms with Crippen LogP contribution in [0.3, 0.4) is 0 Å². The van der Waals surface area contributed by atoms with Gasteiger partial charge in [0.25, 0.3) is 0 Å². The van der Waals surface area contributed by atoms with Crippen LogP contribution < -0.4 is 10.6 Å². The molecule has 0 aromatic heterocycles. The van der Waals surface area contributed by atoms with Crippen LogP contribution >= 0.6 is 0 Å². The number of nitrogens with one attached hydrogen (secondary N) is 2. The summed E-state index contributed by atoms with van der Waals surface area (Å²) in [5.74, 6) is -1.20. The molecule has 3 amide bonds. The maximum atomic E-state index is 11.5. The van der Waals surface area contributed by atoms with Crippen LogP contribution in [0.4, 0.5) is 4.79 Å². The van der Waals surface area contributed by atoms with E-state index in [4.69, 9.17) is 5.11 Å². The van der Waals surface area contributed by atoms with Crippen molar-refractivity contribution in [1.82, 2.24) is 15.5 Å². The highest BCUT2D eigenvalue weighted by Gasteiger charge is 2.19. The van der Waals surface area contributed by atoms with Gasteiger partial charge in [-0.3, -0.25) is 9.59 Å². The number of carbonyl (C=O) groups excluding carboxylic acids is 2. The first-order chi connectivity index (χ1) is 8.27. The van der Waals surface area contributed by atoms with E-state index in [1.807, 2.05) is 0 Å². The molecule has 0 aliphatic carbocycles. The van der Waals surface area contributed by atoms with Crippen LogP contribution in [0.2, 0.25) is 0 Å². The molecule has 0 saturated carbocycles. The molecule has 0 aromatic rings. The number of hydrogen-bond acceptors (Lipinski definition) is 3. The van der Waals surface area contributed by atoms with Gasteiger partial charge in [0.2, 0.25) is 5.91 Å². The lowest BCUT2D eigenvalue weighted by Crippen LogP contribution is -2.50. The number of carboxylic acid groups (broad SMARTS) is 1. The highest BCUT2D eigenvalue weighted by atomic mass is 16.4. The lowest BCUT2D eigenvalue weighted by atomic mass is 10.1. The van der Waals surface area contributed by atoms with Crippen LogP contribution in [0.15, 0.2) is 0 Å². The Morgan fingerprint density at radius 2 is 1.78 bits per heavy atom. The summed E-state index contributed by atoms with van der Waals surface area (Å²) in [7, 11) is 3.19. The Labute approximate surface area is 107 Å². The summed E-state index contributed by atoms with van der Waals surface area (Å²) in [6.07, 6.45) is 0.371. The smallest absolute Gasteiger partial charge is 0.315 e. The molecule has 0 saturated heterocycles. The van der Waals surface area contributed by atoms with Gasteiger partial charge in [-0.1, -0.05) is 6.92 Å². The molecule has 2 unspecified atom stereocenters. The quantitative estimate of drug-likeness (QED) is 0.626. The zero-order chi connectivity index (χ0) is 14.3. The number of aliphatic carboxylic acids is 1. The van der Waals surface area contributed by atoms with E-state index >= 15 is 0 Å². The molecule has 7 heteroatoms. The molecule has 18 heavy (non-hydrogen) atoms. The predicted octanol–water partition coefficient (Wildman–Crippen LogP) is 0.0156. The van der Waals surface area contributed by atoms with Gasteiger partial charge in [-0.2, -0.15) is 0 Å². The fourth-order valence-corrected chi connectivity index (χ4v) is 1.38. The second-order valence-electron chi connectivity index (χ2n) is 4.28. The summed E-state index contributed by atoms with van der Waals surface area (Å²) in [5.41, 5.74) is 0. The van der Waals surface area contributed by atoms with Crippen LogP contribution in [0, 0.1) is 0 Å². The van der Waals surface area contributed by atoms with Gasteiger partial charge < -0.3 is 20.6 Å². The van der Waals surface area contributed by atoms with Crippen LogP contribution in [0.5, 0.6) is 0 Å². The lowest BCUT2D eigenvalue weighted by Gasteiger charge is -2.20. The van der Waals surface area contributed by atoms with Crippen LogP contribution in [0.1, 0.15) is 26.7 Å². The highest BCUT2D eigenvalue weighted by molar-refractivity contribution is 5.86. The van der Waals surface area contributed by atoms with Gasteiger partial charge in [-0.05, 0) is 13.3 Å². The lowest BCUT2D eigenvalue weighted by molar-refractivity contribution is -0.137. The van der Waals surface area contributed by atoms with E-state index in [0.717, 1.165) is 0 Å². The molecule has 0 rings (SSSR count). The summed E-state index contributed by atoms with van der Waals surface area (Å²) >= 11 is 0. The van der Waals surface area contributed by atoms with E-state index in [-0.39, 0.29) is 12.3 Å². The van der Waals surface area contributed by atoms with Gasteiger partial charge in [0.1, 0.15) is 6.04 Å². The number of carboxylic acids is 1. The minimum atomic E-state index is -0.973. The summed E-state index contributed by atoms with van der Waals surface area (Å²) in [6.45, 7) is 3.35. The topological polar surface area (TPSA) is 98.7 Å². The molecule has 7 nitrogen and oxygen atoms in total. The first-order valence-corrected chi connectivity index (χ1v) is 5.77. The van der Waals surface area contributed by atoms with Crippen molar-refractivity contribution in [3.63, 3.8) is 0 Å². The zero-order valence-corrected chi connectivity index (χ0v) is 11.2. The van der Waals surface area contributed by atoms with Crippen molar-refractivity contribution in [3.05, 3.63) is 0 Å². The Kier molecular flexibility index (Phi) is 6.77. The first kappa shape index (κ1) is 16.2. The third-order valence-electron chi connectivity index (χ3n) is 2.41. The molecule has 104 valence electrons. The Balaban J connectivity index is 4.24. The Bertz CT molecular complexity index is 317. The molecule has 0 fully saturated rings. The number of rotatable bonds is 6. The minimum absolute atomic E-state index is 0.139. The summed E-state index contributed by atoms with van der Waals surface area (Å²) < 4.78 is 0. The normalized spacial score (nSPS) is 13.3. The molecular weight excluding hydrogens is 238 g/mol. The molecule has 0 heterocycles. The second-order valence-corrected chi connectivity index (χ2v) is 4.28. The molecule has 0 bridgehead atoms. The van der Waals surface area contributed by atoms with Gasteiger partial charge in [-0.25, -0.2) is 4.79 Å². The van der Waals surface area contributed by atoms with E-state index in [2.05, 4.69) is 10.6 Å². The third-order valence-corrected chi connectivity index (χ3v) is 2.41. The molecule has 2 atom stereocenters. The second kappa shape index (κ2) is 7.52. The standard InChI is InChI=1S/C11H21N3O4/c1-5-8(6-9(15)16)13-11(18)12-7(2)10(17)14(3)4/h7-8H,5-6H2,1-4H3,(H,15,16)(H2,12,13,18). The van der Waals surface area contributed by atoms with Gasteiger partial charge >= 0.3 is 12.0 Å². The maximum Gasteiger partial charge on any atom is 0.315 e. The van der Waals surface area contributed by atoms with Gasteiger partial charge in [0, 0.05) is 20.1 Å². The van der Waals surface area contributed by atoms with E-state index in [1.54, 1.807) is 27.9 Å². The minimum Gasteiger partial charge on any atom is -0.481 e. The Hall–Kier alpha value is -1.79. The molecule has 0 aliphatic rings. The van der Waals surface area contributed by atoms with E-state index in [9.17, 15) is 14.4 Å². The highest BCUT2D eigenvalue weighted by Crippen LogP contribution is 1.97. The SMILES string of the molecule is CCC(CC(=O)O)NC(=O)NC(C)C(=O)N(C)C. The summed E-state index contributed by atoms with van der Waals surface area (Å²) in [6, 6.07) is -1.63. The Morgan fingerprint density at radius 1 is 1.22 bits per heavy atom. The molecule has 0 aliphatic heterocycles. The molecular formula is C11H21N3O4. The van der Waals surface area contributed by atoms with Crippen molar-refractivity contribution < 1.29 is 19.5 Å². The first-order valence-electron chi connectivity index (χ1n) is 5.77. The van der Waals surface area contributed by atoms with Crippen LogP contribution in [0.25, 0.3) is 0 Å². The molecule has 0 aromatic carbocycles. The fourth-order valence-electron chi connectivity index (χ4n) is 1.38. The number of nitrogens with zero attached hydrogens (tertiary/aromatic N) is 1. The van der Waals surface area contributed by atoms with Crippen molar-refractivity contribution in [1.29, 1.82) is 0 Å². The number of carbonyl (C=O) groups is 3. The number of hydrogen-bond donors (Lipinski definition) is 3. The van der Waals surface area contributed by atoms with Crippen molar-refractivity contribution in [2.75, 3.05) is 14.1 Å². The largest absolute Gasteiger partial charge is 0.481 e. The van der Waals surface area contributed by atoms with Crippen molar-refractivity contribution in [3.8, 4) is 0 Å². The maximum absolute atomic E-state index is 11.5. The molecule has 0 spiro atoms. The van der Waals surface area contributed by atoms with Gasteiger partial charge in [0.05, 0.1) is 6.42 Å². The van der Waals surface area contributed by atoms with Crippen LogP contribution in [-0.2, 0) is 9.59 Å². The van der Waals surface area contributed by atoms with Crippen LogP contribution in [-0.4, -0.2) is 54.1 Å². The number of urea groups is 1. The summed E-state index contributed by atoms with van der Waals surface area (Å²) in [5, 5.41) is 13.6.